The summed E-state index contributed by atoms with van der Waals surface area (Å²) in [5, 5.41) is 0. The zero-order valence-electron chi connectivity index (χ0n) is 13.7. The molecule has 0 spiro atoms. The number of sulfonamides is 1. The fourth-order valence-corrected chi connectivity index (χ4v) is 3.79. The van der Waals surface area contributed by atoms with Crippen LogP contribution in [0.4, 0.5) is 0 Å². The molecular formula is C16H24N4O2S. The number of imidazole rings is 1. The van der Waals surface area contributed by atoms with Crippen molar-refractivity contribution in [2.24, 2.45) is 0 Å². The molecule has 0 aromatic carbocycles. The number of hydrogen-bond donors (Lipinski definition) is 1. The van der Waals surface area contributed by atoms with Crippen molar-refractivity contribution in [2.75, 3.05) is 19.3 Å². The van der Waals surface area contributed by atoms with Crippen molar-refractivity contribution >= 4 is 15.7 Å². The van der Waals surface area contributed by atoms with E-state index in [1.54, 1.807) is 0 Å². The molecule has 1 saturated heterocycles. The topological polar surface area (TPSA) is 66.7 Å². The zero-order chi connectivity index (χ0) is 16.4. The summed E-state index contributed by atoms with van der Waals surface area (Å²) in [6.45, 7) is 4.31. The number of nitrogens with zero attached hydrogens (tertiary/aromatic N) is 3. The first-order valence-corrected chi connectivity index (χ1v) is 9.94. The Morgan fingerprint density at radius 2 is 2.17 bits per heavy atom. The first-order chi connectivity index (χ1) is 10.9. The Bertz CT molecular complexity index is 784. The molecule has 0 aliphatic carbocycles. The van der Waals surface area contributed by atoms with Crippen molar-refractivity contribution in [3.05, 3.63) is 35.8 Å². The molecular weight excluding hydrogens is 312 g/mol. The zero-order valence-corrected chi connectivity index (χ0v) is 14.5. The molecule has 0 amide bonds. The van der Waals surface area contributed by atoms with Crippen LogP contribution in [0.5, 0.6) is 0 Å². The van der Waals surface area contributed by atoms with Gasteiger partial charge in [0.1, 0.15) is 5.65 Å². The number of rotatable bonds is 5. The number of likely N-dealkylation sites (tertiary alicyclic amines) is 1. The number of piperidine rings is 1. The number of aromatic nitrogens is 2. The largest absolute Gasteiger partial charge is 0.302 e. The van der Waals surface area contributed by atoms with E-state index in [1.807, 2.05) is 31.3 Å². The Kier molecular flexibility index (Phi) is 4.70. The van der Waals surface area contributed by atoms with Crippen LogP contribution in [0, 0.1) is 6.92 Å². The summed E-state index contributed by atoms with van der Waals surface area (Å²) in [6.07, 6.45) is 6.59. The molecule has 126 valence electrons. The predicted octanol–water partition coefficient (Wildman–Crippen LogP) is 1.55. The van der Waals surface area contributed by atoms with E-state index in [1.165, 1.54) is 11.9 Å². The van der Waals surface area contributed by atoms with Gasteiger partial charge in [0.25, 0.3) is 0 Å². The van der Waals surface area contributed by atoms with Gasteiger partial charge in [-0.1, -0.05) is 12.5 Å². The van der Waals surface area contributed by atoms with E-state index in [4.69, 9.17) is 0 Å². The Hall–Kier alpha value is -1.44. The van der Waals surface area contributed by atoms with Gasteiger partial charge in [-0.25, -0.2) is 18.1 Å². The summed E-state index contributed by atoms with van der Waals surface area (Å²) in [4.78, 5) is 6.99. The Balaban J connectivity index is 1.79. The second-order valence-electron chi connectivity index (χ2n) is 6.31. The molecule has 23 heavy (non-hydrogen) atoms. The maximum absolute atomic E-state index is 11.4. The van der Waals surface area contributed by atoms with Crippen molar-refractivity contribution in [2.45, 2.75) is 38.8 Å². The monoisotopic (exact) mass is 336 g/mol. The minimum atomic E-state index is -3.15. The first kappa shape index (κ1) is 16.4. The van der Waals surface area contributed by atoms with Crippen molar-refractivity contribution in [1.29, 1.82) is 0 Å². The van der Waals surface area contributed by atoms with Gasteiger partial charge in [0.2, 0.25) is 10.0 Å². The highest BCUT2D eigenvalue weighted by molar-refractivity contribution is 7.88. The molecule has 3 heterocycles. The van der Waals surface area contributed by atoms with Crippen molar-refractivity contribution in [3.63, 3.8) is 0 Å². The van der Waals surface area contributed by atoms with E-state index >= 15 is 0 Å². The maximum Gasteiger partial charge on any atom is 0.208 e. The molecule has 7 heteroatoms. The van der Waals surface area contributed by atoms with E-state index in [0.29, 0.717) is 6.54 Å². The first-order valence-electron chi connectivity index (χ1n) is 8.05. The third-order valence-electron chi connectivity index (χ3n) is 4.51. The standard InChI is InChI=1S/C16H24N4O2S/c1-13-15(20-10-6-4-8-16(20)18-13)12-19-9-5-3-7-14(19)11-17-23(2,21)22/h4,6,8,10,14,17H,3,5,7,9,11-12H2,1-2H3/t14-/m1/s1. The lowest BCUT2D eigenvalue weighted by Gasteiger charge is -2.35. The lowest BCUT2D eigenvalue weighted by Crippen LogP contribution is -2.46. The minimum Gasteiger partial charge on any atom is -0.302 e. The van der Waals surface area contributed by atoms with Crippen LogP contribution in [-0.2, 0) is 16.6 Å². The Morgan fingerprint density at radius 1 is 1.35 bits per heavy atom. The van der Waals surface area contributed by atoms with Crippen molar-refractivity contribution in [3.8, 4) is 0 Å². The van der Waals surface area contributed by atoms with Crippen LogP contribution in [0.3, 0.4) is 0 Å². The molecule has 1 N–H and O–H groups in total. The number of hydrogen-bond acceptors (Lipinski definition) is 4. The summed E-state index contributed by atoms with van der Waals surface area (Å²) < 4.78 is 27.6. The minimum absolute atomic E-state index is 0.243. The lowest BCUT2D eigenvalue weighted by atomic mass is 10.0. The predicted molar refractivity (Wildman–Crippen MR) is 90.8 cm³/mol. The van der Waals surface area contributed by atoms with Gasteiger partial charge in [-0.3, -0.25) is 4.90 Å². The lowest BCUT2D eigenvalue weighted by molar-refractivity contribution is 0.139. The molecule has 1 aliphatic rings. The molecule has 3 rings (SSSR count). The van der Waals surface area contributed by atoms with Crippen LogP contribution in [0.15, 0.2) is 24.4 Å². The maximum atomic E-state index is 11.4. The number of nitrogens with one attached hydrogen (secondary N) is 1. The quantitative estimate of drug-likeness (QED) is 0.899. The Morgan fingerprint density at radius 3 is 2.96 bits per heavy atom. The van der Waals surface area contributed by atoms with Gasteiger partial charge in [-0.15, -0.1) is 0 Å². The van der Waals surface area contributed by atoms with Gasteiger partial charge in [0.15, 0.2) is 0 Å². The smallest absolute Gasteiger partial charge is 0.208 e. The van der Waals surface area contributed by atoms with E-state index in [9.17, 15) is 8.42 Å². The molecule has 2 aromatic rings. The van der Waals surface area contributed by atoms with Crippen LogP contribution in [-0.4, -0.2) is 48.1 Å². The third-order valence-corrected chi connectivity index (χ3v) is 5.20. The fourth-order valence-electron chi connectivity index (χ4n) is 3.29. The van der Waals surface area contributed by atoms with Crippen LogP contribution in [0.1, 0.15) is 30.7 Å². The van der Waals surface area contributed by atoms with Gasteiger partial charge >= 0.3 is 0 Å². The van der Waals surface area contributed by atoms with Gasteiger partial charge in [-0.2, -0.15) is 0 Å². The second-order valence-corrected chi connectivity index (χ2v) is 8.15. The SMILES string of the molecule is Cc1nc2ccccn2c1CN1CCCC[C@@H]1CNS(C)(=O)=O. The summed E-state index contributed by atoms with van der Waals surface area (Å²) in [5.41, 5.74) is 3.19. The highest BCUT2D eigenvalue weighted by atomic mass is 32.2. The van der Waals surface area contributed by atoms with Gasteiger partial charge in [0.05, 0.1) is 17.6 Å². The third kappa shape index (κ3) is 3.91. The van der Waals surface area contributed by atoms with Gasteiger partial charge in [0, 0.05) is 25.3 Å². The highest BCUT2D eigenvalue weighted by Gasteiger charge is 2.25. The molecule has 2 aromatic heterocycles. The molecule has 6 nitrogen and oxygen atoms in total. The van der Waals surface area contributed by atoms with E-state index in [0.717, 1.165) is 43.7 Å². The average molecular weight is 336 g/mol. The van der Waals surface area contributed by atoms with Crippen LogP contribution < -0.4 is 4.72 Å². The highest BCUT2D eigenvalue weighted by Crippen LogP contribution is 2.21. The van der Waals surface area contributed by atoms with Crippen molar-refractivity contribution in [1.82, 2.24) is 19.0 Å². The van der Waals surface area contributed by atoms with Crippen LogP contribution in [0.25, 0.3) is 5.65 Å². The van der Waals surface area contributed by atoms with Crippen LogP contribution in [0.2, 0.25) is 0 Å². The Labute approximate surface area is 137 Å². The van der Waals surface area contributed by atoms with E-state index in [2.05, 4.69) is 19.0 Å². The number of fused-ring (bicyclic) bond motifs is 1. The molecule has 0 saturated carbocycles. The van der Waals surface area contributed by atoms with Gasteiger partial charge < -0.3 is 4.40 Å². The summed E-state index contributed by atoms with van der Waals surface area (Å²) in [5.74, 6) is 0. The number of aryl methyl sites for hydroxylation is 1. The average Bonchev–Trinajstić information content (AvgIpc) is 2.82. The molecule has 1 atom stereocenters. The normalized spacial score (nSPS) is 20.2. The molecule has 0 unspecified atom stereocenters. The summed E-state index contributed by atoms with van der Waals surface area (Å²) in [7, 11) is -3.15. The number of pyridine rings is 1. The van der Waals surface area contributed by atoms with E-state index in [-0.39, 0.29) is 6.04 Å². The van der Waals surface area contributed by atoms with Gasteiger partial charge in [-0.05, 0) is 38.4 Å². The molecule has 1 fully saturated rings. The van der Waals surface area contributed by atoms with E-state index < -0.39 is 10.0 Å². The summed E-state index contributed by atoms with van der Waals surface area (Å²) >= 11 is 0. The summed E-state index contributed by atoms with van der Waals surface area (Å²) in [6, 6.07) is 6.25. The molecule has 1 aliphatic heterocycles. The van der Waals surface area contributed by atoms with Crippen molar-refractivity contribution < 1.29 is 8.42 Å². The fraction of sp³-hybridized carbons (Fsp3) is 0.562. The second kappa shape index (κ2) is 6.59. The van der Waals surface area contributed by atoms with Crippen LogP contribution >= 0.6 is 0 Å². The molecule has 0 radical (unpaired) electrons. The molecule has 0 bridgehead atoms.